The normalized spacial score (nSPS) is 14.2. The number of anilines is 1. The molecule has 5 nitrogen and oxygen atoms in total. The molecule has 1 unspecified atom stereocenters. The Morgan fingerprint density at radius 2 is 2.20 bits per heavy atom. The Hall–Kier alpha value is -1.70. The van der Waals surface area contributed by atoms with Gasteiger partial charge < -0.3 is 15.4 Å². The summed E-state index contributed by atoms with van der Waals surface area (Å²) < 4.78 is 5.18. The maximum Gasteiger partial charge on any atom is 0.341 e. The van der Waals surface area contributed by atoms with Crippen molar-refractivity contribution < 1.29 is 14.3 Å². The molecule has 1 amide bonds. The first-order chi connectivity index (χ1) is 12.1. The summed E-state index contributed by atoms with van der Waals surface area (Å²) >= 11 is 3.17. The van der Waals surface area contributed by atoms with Crippen molar-refractivity contribution in [3.8, 4) is 0 Å². The molecule has 134 valence electrons. The molecule has 2 aromatic heterocycles. The van der Waals surface area contributed by atoms with E-state index in [0.29, 0.717) is 17.2 Å². The molecular weight excluding hydrogens is 356 g/mol. The Morgan fingerprint density at radius 3 is 2.92 bits per heavy atom. The number of fused-ring (bicyclic) bond motifs is 1. The predicted molar refractivity (Wildman–Crippen MR) is 102 cm³/mol. The highest BCUT2D eigenvalue weighted by Gasteiger charge is 2.28. The number of amides is 1. The topological polar surface area (TPSA) is 67.4 Å². The van der Waals surface area contributed by atoms with Crippen LogP contribution in [0.25, 0.3) is 0 Å². The molecule has 25 heavy (non-hydrogen) atoms. The number of thiophene rings is 2. The average Bonchev–Trinajstić information content (AvgIpc) is 3.29. The number of aryl methyl sites for hydroxylation is 1. The highest BCUT2D eigenvalue weighted by molar-refractivity contribution is 7.17. The van der Waals surface area contributed by atoms with Crippen molar-refractivity contribution in [3.05, 3.63) is 38.4 Å². The minimum atomic E-state index is -0.336. The van der Waals surface area contributed by atoms with Gasteiger partial charge in [-0.2, -0.15) is 0 Å². The van der Waals surface area contributed by atoms with Crippen LogP contribution in [0, 0.1) is 0 Å². The molecule has 0 radical (unpaired) electrons. The number of hydrogen-bond donors (Lipinski definition) is 2. The van der Waals surface area contributed by atoms with Crippen molar-refractivity contribution >= 4 is 39.6 Å². The average molecular weight is 379 g/mol. The van der Waals surface area contributed by atoms with E-state index in [0.717, 1.165) is 24.8 Å². The fourth-order valence-electron chi connectivity index (χ4n) is 2.97. The fraction of sp³-hybridized carbons (Fsp3) is 0.444. The molecule has 1 atom stereocenters. The van der Waals surface area contributed by atoms with Crippen LogP contribution < -0.4 is 10.6 Å². The Bertz CT molecular complexity index is 753. The van der Waals surface area contributed by atoms with E-state index in [9.17, 15) is 9.59 Å². The second-order valence-electron chi connectivity index (χ2n) is 5.95. The van der Waals surface area contributed by atoms with E-state index in [1.54, 1.807) is 18.3 Å². The van der Waals surface area contributed by atoms with Gasteiger partial charge in [-0.3, -0.25) is 4.79 Å². The molecule has 2 N–H and O–H groups in total. The number of nitrogens with one attached hydrogen (secondary N) is 2. The highest BCUT2D eigenvalue weighted by atomic mass is 32.1. The van der Waals surface area contributed by atoms with Gasteiger partial charge in [0.05, 0.1) is 18.7 Å². The van der Waals surface area contributed by atoms with E-state index in [2.05, 4.69) is 10.6 Å². The molecule has 0 spiro atoms. The first-order valence-corrected chi connectivity index (χ1v) is 10.2. The Morgan fingerprint density at radius 1 is 1.36 bits per heavy atom. The molecule has 3 rings (SSSR count). The van der Waals surface area contributed by atoms with Crippen molar-refractivity contribution in [2.75, 3.05) is 18.5 Å². The molecule has 2 heterocycles. The summed E-state index contributed by atoms with van der Waals surface area (Å²) in [6, 6.07) is 4.16. The number of carbonyl (C=O) groups is 2. The lowest BCUT2D eigenvalue weighted by Crippen LogP contribution is -2.30. The molecule has 0 saturated heterocycles. The Kier molecular flexibility index (Phi) is 5.88. The van der Waals surface area contributed by atoms with Gasteiger partial charge in [-0.05, 0) is 50.1 Å². The smallest absolute Gasteiger partial charge is 0.341 e. The van der Waals surface area contributed by atoms with Gasteiger partial charge in [-0.25, -0.2) is 4.79 Å². The lowest BCUT2D eigenvalue weighted by molar-refractivity contribution is -0.115. The van der Waals surface area contributed by atoms with Crippen molar-refractivity contribution in [3.63, 3.8) is 0 Å². The third-order valence-corrected chi connectivity index (χ3v) is 6.45. The minimum absolute atomic E-state index is 0.114. The maximum absolute atomic E-state index is 12.3. The first-order valence-electron chi connectivity index (χ1n) is 8.48. The summed E-state index contributed by atoms with van der Waals surface area (Å²) in [7, 11) is 0. The Balaban J connectivity index is 1.66. The number of ether oxygens (including phenoxy) is 1. The molecule has 0 saturated carbocycles. The van der Waals surface area contributed by atoms with Crippen LogP contribution in [-0.2, 0) is 22.4 Å². The molecule has 0 aliphatic heterocycles. The number of esters is 1. The van der Waals surface area contributed by atoms with Gasteiger partial charge in [0.25, 0.3) is 0 Å². The lowest BCUT2D eigenvalue weighted by Gasteiger charge is -2.12. The summed E-state index contributed by atoms with van der Waals surface area (Å²) in [5.41, 5.74) is 1.61. The maximum atomic E-state index is 12.3. The predicted octanol–water partition coefficient (Wildman–Crippen LogP) is 3.76. The van der Waals surface area contributed by atoms with Crippen LogP contribution in [0.4, 0.5) is 5.00 Å². The molecule has 1 aliphatic carbocycles. The molecule has 1 aliphatic rings. The van der Waals surface area contributed by atoms with Gasteiger partial charge in [0.1, 0.15) is 5.00 Å². The summed E-state index contributed by atoms with van der Waals surface area (Å²) in [4.78, 5) is 27.0. The van der Waals surface area contributed by atoms with Crippen LogP contribution >= 0.6 is 22.7 Å². The van der Waals surface area contributed by atoms with Crippen LogP contribution in [0.2, 0.25) is 0 Å². The largest absolute Gasteiger partial charge is 0.462 e. The molecular formula is C18H22N2O3S2. The number of hydrogen-bond acceptors (Lipinski definition) is 6. The standard InChI is InChI=1S/C18H22N2O3S2/c1-3-23-18(22)16-12-6-4-7-14(12)25-17(16)20-15(21)10-19-11(2)13-8-5-9-24-13/h5,8-9,11,19H,3-4,6-7,10H2,1-2H3,(H,20,21). The van der Waals surface area contributed by atoms with E-state index < -0.39 is 0 Å². The van der Waals surface area contributed by atoms with E-state index >= 15 is 0 Å². The lowest BCUT2D eigenvalue weighted by atomic mass is 10.1. The van der Waals surface area contributed by atoms with E-state index in [1.165, 1.54) is 21.1 Å². The molecule has 0 fully saturated rings. The van der Waals surface area contributed by atoms with E-state index in [-0.39, 0.29) is 24.5 Å². The highest BCUT2D eigenvalue weighted by Crippen LogP contribution is 2.39. The third-order valence-electron chi connectivity index (χ3n) is 4.19. The Labute approximate surface area is 155 Å². The first kappa shape index (κ1) is 18.1. The van der Waals surface area contributed by atoms with Gasteiger partial charge in [-0.15, -0.1) is 22.7 Å². The monoisotopic (exact) mass is 378 g/mol. The van der Waals surface area contributed by atoms with Crippen molar-refractivity contribution in [1.29, 1.82) is 0 Å². The molecule has 0 aromatic carbocycles. The van der Waals surface area contributed by atoms with E-state index in [1.807, 2.05) is 24.4 Å². The minimum Gasteiger partial charge on any atom is -0.462 e. The van der Waals surface area contributed by atoms with Gasteiger partial charge in [0, 0.05) is 15.8 Å². The van der Waals surface area contributed by atoms with Crippen molar-refractivity contribution in [2.24, 2.45) is 0 Å². The fourth-order valence-corrected chi connectivity index (χ4v) is 5.02. The number of carbonyl (C=O) groups excluding carboxylic acids is 2. The molecule has 7 heteroatoms. The summed E-state index contributed by atoms with van der Waals surface area (Å²) in [6.07, 6.45) is 2.90. The zero-order valence-corrected chi connectivity index (χ0v) is 16.0. The summed E-state index contributed by atoms with van der Waals surface area (Å²) in [6.45, 7) is 4.35. The van der Waals surface area contributed by atoms with Gasteiger partial charge in [0.15, 0.2) is 0 Å². The quantitative estimate of drug-likeness (QED) is 0.720. The van der Waals surface area contributed by atoms with Crippen LogP contribution in [0.1, 0.15) is 52.0 Å². The van der Waals surface area contributed by atoms with Crippen LogP contribution in [0.15, 0.2) is 17.5 Å². The molecule has 2 aromatic rings. The summed E-state index contributed by atoms with van der Waals surface area (Å²) in [5, 5.41) is 8.76. The van der Waals surface area contributed by atoms with Gasteiger partial charge in [-0.1, -0.05) is 6.07 Å². The van der Waals surface area contributed by atoms with E-state index in [4.69, 9.17) is 4.74 Å². The second-order valence-corrected chi connectivity index (χ2v) is 8.03. The zero-order chi connectivity index (χ0) is 17.8. The van der Waals surface area contributed by atoms with Crippen LogP contribution in [0.5, 0.6) is 0 Å². The zero-order valence-electron chi connectivity index (χ0n) is 14.4. The van der Waals surface area contributed by atoms with Gasteiger partial charge in [0.2, 0.25) is 5.91 Å². The molecule has 0 bridgehead atoms. The number of rotatable bonds is 7. The van der Waals surface area contributed by atoms with Gasteiger partial charge >= 0.3 is 5.97 Å². The summed E-state index contributed by atoms with van der Waals surface area (Å²) in [5.74, 6) is -0.481. The van der Waals surface area contributed by atoms with Crippen molar-refractivity contribution in [1.82, 2.24) is 5.32 Å². The van der Waals surface area contributed by atoms with Crippen molar-refractivity contribution in [2.45, 2.75) is 39.2 Å². The van der Waals surface area contributed by atoms with Crippen LogP contribution in [-0.4, -0.2) is 25.0 Å². The third kappa shape index (κ3) is 4.11. The van der Waals surface area contributed by atoms with Crippen LogP contribution in [0.3, 0.4) is 0 Å². The SMILES string of the molecule is CCOC(=O)c1c(NC(=O)CNC(C)c2cccs2)sc2c1CCC2. The second kappa shape index (κ2) is 8.12.